The second-order valence-electron chi connectivity index (χ2n) is 8.20. The van der Waals surface area contributed by atoms with Gasteiger partial charge in [0.1, 0.15) is 6.04 Å². The summed E-state index contributed by atoms with van der Waals surface area (Å²) in [6.07, 6.45) is 3.48. The van der Waals surface area contributed by atoms with Crippen LogP contribution in [0.1, 0.15) is 37.3 Å². The van der Waals surface area contributed by atoms with Crippen LogP contribution in [0.3, 0.4) is 0 Å². The van der Waals surface area contributed by atoms with E-state index in [4.69, 9.17) is 4.74 Å². The normalized spacial score (nSPS) is 27.0. The van der Waals surface area contributed by atoms with Crippen LogP contribution in [0.25, 0.3) is 0 Å². The summed E-state index contributed by atoms with van der Waals surface area (Å²) in [5.74, 6) is 2.18. The van der Waals surface area contributed by atoms with Crippen LogP contribution in [0.2, 0.25) is 0 Å². The lowest BCUT2D eigenvalue weighted by Gasteiger charge is -2.43. The third-order valence-electron chi connectivity index (χ3n) is 6.39. The van der Waals surface area contributed by atoms with Crippen LogP contribution in [0.4, 0.5) is 0 Å². The molecule has 3 saturated heterocycles. The Hall–Kier alpha value is -1.57. The zero-order valence-corrected chi connectivity index (χ0v) is 17.8. The van der Waals surface area contributed by atoms with Crippen molar-refractivity contribution in [3.8, 4) is 0 Å². The standard InChI is InChI=1S/C22H31N3O3S/c26-19-8-4-5-10-25(19)20(18-6-2-1-3-7-18)21(27)23-16-22(9-15-29-17-22)24-11-13-28-14-12-24/h1-3,6-7,20H,4-5,8-17H2,(H,23,27). The predicted octanol–water partition coefficient (Wildman–Crippen LogP) is 2.06. The molecule has 2 atom stereocenters. The van der Waals surface area contributed by atoms with Crippen LogP contribution in [-0.4, -0.2) is 78.1 Å². The number of morpholine rings is 1. The predicted molar refractivity (Wildman–Crippen MR) is 115 cm³/mol. The number of likely N-dealkylation sites (tertiary alicyclic amines) is 1. The molecular weight excluding hydrogens is 386 g/mol. The van der Waals surface area contributed by atoms with Crippen molar-refractivity contribution in [2.45, 2.75) is 37.3 Å². The molecule has 0 saturated carbocycles. The SMILES string of the molecule is O=C(NCC1(N2CCOCC2)CCSC1)C(c1ccccc1)N1CCCCC1=O. The molecule has 7 heteroatoms. The number of carbonyl (C=O) groups excluding carboxylic acids is 2. The molecular formula is C22H31N3O3S. The van der Waals surface area contributed by atoms with Crippen molar-refractivity contribution in [1.82, 2.24) is 15.1 Å². The lowest BCUT2D eigenvalue weighted by molar-refractivity contribution is -0.143. The quantitative estimate of drug-likeness (QED) is 0.768. The Kier molecular flexibility index (Phi) is 6.77. The van der Waals surface area contributed by atoms with Crippen LogP contribution >= 0.6 is 11.8 Å². The van der Waals surface area contributed by atoms with Crippen molar-refractivity contribution in [1.29, 1.82) is 0 Å². The Morgan fingerprint density at radius 3 is 2.66 bits per heavy atom. The van der Waals surface area contributed by atoms with E-state index in [2.05, 4.69) is 10.2 Å². The average Bonchev–Trinajstić information content (AvgIpc) is 3.26. The maximum absolute atomic E-state index is 13.4. The summed E-state index contributed by atoms with van der Waals surface area (Å²) >= 11 is 1.96. The first-order chi connectivity index (χ1) is 14.2. The molecule has 1 aromatic carbocycles. The van der Waals surface area contributed by atoms with Crippen molar-refractivity contribution >= 4 is 23.6 Å². The molecule has 0 radical (unpaired) electrons. The number of rotatable bonds is 6. The fraction of sp³-hybridized carbons (Fsp3) is 0.636. The molecule has 0 aromatic heterocycles. The first-order valence-corrected chi connectivity index (χ1v) is 11.9. The molecule has 29 heavy (non-hydrogen) atoms. The molecule has 3 aliphatic rings. The Bertz CT molecular complexity index is 703. The van der Waals surface area contributed by atoms with Gasteiger partial charge in [-0.3, -0.25) is 14.5 Å². The summed E-state index contributed by atoms with van der Waals surface area (Å²) in [7, 11) is 0. The number of hydrogen-bond donors (Lipinski definition) is 1. The molecule has 4 rings (SSSR count). The van der Waals surface area contributed by atoms with Crippen LogP contribution in [-0.2, 0) is 14.3 Å². The first-order valence-electron chi connectivity index (χ1n) is 10.7. The van der Waals surface area contributed by atoms with E-state index in [0.717, 1.165) is 62.6 Å². The van der Waals surface area contributed by atoms with Crippen LogP contribution in [0.15, 0.2) is 30.3 Å². The second-order valence-corrected chi connectivity index (χ2v) is 9.31. The Labute approximate surface area is 177 Å². The molecule has 158 valence electrons. The van der Waals surface area contributed by atoms with E-state index in [-0.39, 0.29) is 17.4 Å². The first kappa shape index (κ1) is 20.7. The van der Waals surface area contributed by atoms with E-state index in [1.54, 1.807) is 4.90 Å². The van der Waals surface area contributed by atoms with Gasteiger partial charge >= 0.3 is 0 Å². The molecule has 1 aromatic rings. The zero-order chi connectivity index (χ0) is 20.1. The van der Waals surface area contributed by atoms with Gasteiger partial charge in [-0.15, -0.1) is 0 Å². The maximum Gasteiger partial charge on any atom is 0.247 e. The molecule has 2 unspecified atom stereocenters. The minimum Gasteiger partial charge on any atom is -0.379 e. The van der Waals surface area contributed by atoms with Crippen molar-refractivity contribution in [2.24, 2.45) is 0 Å². The third kappa shape index (κ3) is 4.62. The highest BCUT2D eigenvalue weighted by atomic mass is 32.2. The number of thioether (sulfide) groups is 1. The Morgan fingerprint density at radius 1 is 1.17 bits per heavy atom. The van der Waals surface area contributed by atoms with Gasteiger partial charge in [0.05, 0.1) is 13.2 Å². The van der Waals surface area contributed by atoms with Gasteiger partial charge in [0, 0.05) is 43.9 Å². The molecule has 3 heterocycles. The number of amides is 2. The van der Waals surface area contributed by atoms with E-state index in [9.17, 15) is 9.59 Å². The van der Waals surface area contributed by atoms with E-state index < -0.39 is 6.04 Å². The van der Waals surface area contributed by atoms with Gasteiger partial charge in [-0.05, 0) is 30.6 Å². The van der Waals surface area contributed by atoms with Gasteiger partial charge in [-0.25, -0.2) is 0 Å². The molecule has 2 amide bonds. The van der Waals surface area contributed by atoms with Gasteiger partial charge in [-0.2, -0.15) is 11.8 Å². The molecule has 0 spiro atoms. The fourth-order valence-electron chi connectivity index (χ4n) is 4.69. The molecule has 0 aliphatic carbocycles. The van der Waals surface area contributed by atoms with Gasteiger partial charge in [0.2, 0.25) is 11.8 Å². The topological polar surface area (TPSA) is 61.9 Å². The molecule has 3 aliphatic heterocycles. The maximum atomic E-state index is 13.4. The van der Waals surface area contributed by atoms with Crippen molar-refractivity contribution in [3.63, 3.8) is 0 Å². The summed E-state index contributed by atoms with van der Waals surface area (Å²) in [4.78, 5) is 30.3. The highest BCUT2D eigenvalue weighted by Gasteiger charge is 2.42. The largest absolute Gasteiger partial charge is 0.379 e. The molecule has 1 N–H and O–H groups in total. The molecule has 0 bridgehead atoms. The highest BCUT2D eigenvalue weighted by Crippen LogP contribution is 2.34. The third-order valence-corrected chi connectivity index (χ3v) is 7.63. The minimum absolute atomic E-state index is 0.00273. The number of carbonyl (C=O) groups is 2. The Morgan fingerprint density at radius 2 is 1.97 bits per heavy atom. The average molecular weight is 418 g/mol. The van der Waals surface area contributed by atoms with Crippen molar-refractivity contribution in [3.05, 3.63) is 35.9 Å². The van der Waals surface area contributed by atoms with Gasteiger partial charge in [-0.1, -0.05) is 30.3 Å². The van der Waals surface area contributed by atoms with Crippen molar-refractivity contribution in [2.75, 3.05) is 50.9 Å². The summed E-state index contributed by atoms with van der Waals surface area (Å²) in [6.45, 7) is 4.64. The number of nitrogens with zero attached hydrogens (tertiary/aromatic N) is 2. The van der Waals surface area contributed by atoms with E-state index in [1.165, 1.54) is 0 Å². The number of benzene rings is 1. The van der Waals surface area contributed by atoms with Crippen LogP contribution < -0.4 is 5.32 Å². The summed E-state index contributed by atoms with van der Waals surface area (Å²) in [5.41, 5.74) is 0.888. The molecule has 3 fully saturated rings. The summed E-state index contributed by atoms with van der Waals surface area (Å²) in [5, 5.41) is 3.25. The highest BCUT2D eigenvalue weighted by molar-refractivity contribution is 7.99. The number of ether oxygens (including phenoxy) is 1. The van der Waals surface area contributed by atoms with Gasteiger partial charge < -0.3 is 15.0 Å². The van der Waals surface area contributed by atoms with E-state index in [0.29, 0.717) is 19.5 Å². The smallest absolute Gasteiger partial charge is 0.247 e. The van der Waals surface area contributed by atoms with Crippen molar-refractivity contribution < 1.29 is 14.3 Å². The summed E-state index contributed by atoms with van der Waals surface area (Å²) in [6, 6.07) is 9.18. The van der Waals surface area contributed by atoms with E-state index >= 15 is 0 Å². The number of hydrogen-bond acceptors (Lipinski definition) is 5. The number of piperidine rings is 1. The Balaban J connectivity index is 1.50. The number of nitrogens with one attached hydrogen (secondary N) is 1. The molecule has 6 nitrogen and oxygen atoms in total. The van der Waals surface area contributed by atoms with Gasteiger partial charge in [0.15, 0.2) is 0 Å². The fourth-order valence-corrected chi connectivity index (χ4v) is 6.17. The minimum atomic E-state index is -0.542. The van der Waals surface area contributed by atoms with Crippen LogP contribution in [0.5, 0.6) is 0 Å². The van der Waals surface area contributed by atoms with E-state index in [1.807, 2.05) is 42.1 Å². The monoisotopic (exact) mass is 417 g/mol. The van der Waals surface area contributed by atoms with Crippen LogP contribution in [0, 0.1) is 0 Å². The summed E-state index contributed by atoms with van der Waals surface area (Å²) < 4.78 is 5.54. The van der Waals surface area contributed by atoms with Gasteiger partial charge in [0.25, 0.3) is 0 Å². The zero-order valence-electron chi connectivity index (χ0n) is 17.0. The lowest BCUT2D eigenvalue weighted by atomic mass is 9.94. The second kappa shape index (κ2) is 9.49. The lowest BCUT2D eigenvalue weighted by Crippen LogP contribution is -2.60.